The molecule has 0 bridgehead atoms. The quantitative estimate of drug-likeness (QED) is 0.658. The van der Waals surface area contributed by atoms with E-state index in [1.807, 2.05) is 12.1 Å². The van der Waals surface area contributed by atoms with Gasteiger partial charge in [-0.05, 0) is 39.7 Å². The lowest BCUT2D eigenvalue weighted by Gasteiger charge is -2.29. The second kappa shape index (κ2) is 9.21. The van der Waals surface area contributed by atoms with Crippen LogP contribution in [-0.4, -0.2) is 44.9 Å². The molecule has 1 aliphatic rings. The largest absolute Gasteiger partial charge is 0.503 e. The van der Waals surface area contributed by atoms with Crippen LogP contribution < -0.4 is 14.5 Å². The first kappa shape index (κ1) is 19.0. The third-order valence-electron chi connectivity index (χ3n) is 4.95. The van der Waals surface area contributed by atoms with Crippen LogP contribution in [0.4, 0.5) is 0 Å². The summed E-state index contributed by atoms with van der Waals surface area (Å²) in [7, 11) is 1.57. The third-order valence-corrected chi connectivity index (χ3v) is 5.55. The minimum atomic E-state index is 0.146. The van der Waals surface area contributed by atoms with Crippen LogP contribution in [0, 0.1) is 0 Å². The summed E-state index contributed by atoms with van der Waals surface area (Å²) in [6.07, 6.45) is 4.32. The second-order valence-corrected chi connectivity index (χ2v) is 7.68. The van der Waals surface area contributed by atoms with Gasteiger partial charge in [0.1, 0.15) is 32.7 Å². The topological polar surface area (TPSA) is 38.3 Å². The number of quaternary nitrogens is 2. The van der Waals surface area contributed by atoms with E-state index in [2.05, 4.69) is 58.4 Å². The Morgan fingerprint density at radius 3 is 2.46 bits per heavy atom. The van der Waals surface area contributed by atoms with Gasteiger partial charge in [0.2, 0.25) is 0 Å². The number of methoxy groups -OCH3 is 1. The average Bonchev–Trinajstić information content (AvgIpc) is 2.66. The third kappa shape index (κ3) is 5.10. The van der Waals surface area contributed by atoms with E-state index in [1.54, 1.807) is 16.9 Å². The van der Waals surface area contributed by atoms with Crippen LogP contribution in [0.3, 0.4) is 0 Å². The summed E-state index contributed by atoms with van der Waals surface area (Å²) in [5.41, 5.74) is 2.46. The zero-order valence-corrected chi connectivity index (χ0v) is 16.8. The fourth-order valence-corrected chi connectivity index (χ4v) is 3.89. The van der Waals surface area contributed by atoms with Crippen LogP contribution in [-0.2, 0) is 6.54 Å². The van der Waals surface area contributed by atoms with Crippen LogP contribution in [0.5, 0.6) is 11.5 Å². The van der Waals surface area contributed by atoms with Gasteiger partial charge in [0.15, 0.2) is 11.5 Å². The number of rotatable bonds is 6. The Bertz CT molecular complexity index is 741. The number of benzene rings is 2. The average molecular weight is 419 g/mol. The first-order valence-electron chi connectivity index (χ1n) is 9.10. The Morgan fingerprint density at radius 2 is 1.77 bits per heavy atom. The monoisotopic (exact) mass is 418 g/mol. The van der Waals surface area contributed by atoms with Crippen LogP contribution >= 0.6 is 15.9 Å². The molecule has 0 amide bonds. The minimum Gasteiger partial charge on any atom is -0.503 e. The fraction of sp³-hybridized carbons (Fsp3) is 0.333. The van der Waals surface area contributed by atoms with Crippen molar-refractivity contribution in [3.8, 4) is 11.5 Å². The lowest BCUT2D eigenvalue weighted by Crippen LogP contribution is -3.27. The smallest absolute Gasteiger partial charge is 0.172 e. The number of phenolic OH excluding ortho intramolecular Hbond substituents is 1. The van der Waals surface area contributed by atoms with E-state index in [0.717, 1.165) is 18.7 Å². The molecule has 1 aliphatic heterocycles. The molecule has 0 atom stereocenters. The highest BCUT2D eigenvalue weighted by Gasteiger charge is 2.21. The summed E-state index contributed by atoms with van der Waals surface area (Å²) in [4.78, 5) is 3.30. The van der Waals surface area contributed by atoms with Crippen molar-refractivity contribution in [3.05, 3.63) is 64.1 Å². The van der Waals surface area contributed by atoms with E-state index >= 15 is 0 Å². The predicted molar refractivity (Wildman–Crippen MR) is 108 cm³/mol. The van der Waals surface area contributed by atoms with E-state index in [-0.39, 0.29) is 5.75 Å². The number of hydrogen-bond donors (Lipinski definition) is 3. The van der Waals surface area contributed by atoms with Gasteiger partial charge in [-0.25, -0.2) is 0 Å². The number of aromatic hydroxyl groups is 1. The molecule has 0 radical (unpaired) electrons. The van der Waals surface area contributed by atoms with Gasteiger partial charge in [0.05, 0.1) is 18.1 Å². The van der Waals surface area contributed by atoms with Crippen molar-refractivity contribution < 1.29 is 19.6 Å². The molecule has 3 rings (SSSR count). The van der Waals surface area contributed by atoms with Gasteiger partial charge in [0.25, 0.3) is 0 Å². The first-order valence-corrected chi connectivity index (χ1v) is 9.89. The van der Waals surface area contributed by atoms with Crippen molar-refractivity contribution in [3.63, 3.8) is 0 Å². The highest BCUT2D eigenvalue weighted by Crippen LogP contribution is 2.35. The molecule has 0 unspecified atom stereocenters. The van der Waals surface area contributed by atoms with Crippen LogP contribution in [0.15, 0.2) is 53.0 Å². The number of ether oxygens (including phenoxy) is 1. The molecule has 0 saturated carbocycles. The molecule has 2 aromatic rings. The summed E-state index contributed by atoms with van der Waals surface area (Å²) < 4.78 is 5.86. The van der Waals surface area contributed by atoms with Gasteiger partial charge in [0, 0.05) is 5.56 Å². The van der Waals surface area contributed by atoms with Gasteiger partial charge in [-0.3, -0.25) is 0 Å². The highest BCUT2D eigenvalue weighted by molar-refractivity contribution is 9.10. The molecule has 0 spiro atoms. The lowest BCUT2D eigenvalue weighted by atomic mass is 10.1. The summed E-state index contributed by atoms with van der Waals surface area (Å²) in [6, 6.07) is 14.5. The molecule has 26 heavy (non-hydrogen) atoms. The number of phenols is 1. The van der Waals surface area contributed by atoms with Crippen molar-refractivity contribution in [1.29, 1.82) is 0 Å². The summed E-state index contributed by atoms with van der Waals surface area (Å²) >= 11 is 3.37. The second-order valence-electron chi connectivity index (χ2n) is 6.82. The van der Waals surface area contributed by atoms with Crippen molar-refractivity contribution >= 4 is 22.0 Å². The van der Waals surface area contributed by atoms with Crippen molar-refractivity contribution in [1.82, 2.24) is 0 Å². The molecular formula is C21H27BrN2O2+2. The number of hydrogen-bond acceptors (Lipinski definition) is 2. The molecule has 0 aromatic heterocycles. The van der Waals surface area contributed by atoms with Gasteiger partial charge in [-0.15, -0.1) is 0 Å². The van der Waals surface area contributed by atoms with Gasteiger partial charge in [-0.2, -0.15) is 0 Å². The molecule has 1 heterocycles. The van der Waals surface area contributed by atoms with E-state index in [9.17, 15) is 5.11 Å². The minimum absolute atomic E-state index is 0.146. The lowest BCUT2D eigenvalue weighted by molar-refractivity contribution is -1.02. The molecule has 138 valence electrons. The molecule has 1 fully saturated rings. The van der Waals surface area contributed by atoms with Crippen molar-refractivity contribution in [2.45, 2.75) is 6.54 Å². The Hall–Kier alpha value is -1.82. The molecule has 3 N–H and O–H groups in total. The van der Waals surface area contributed by atoms with Crippen molar-refractivity contribution in [2.75, 3.05) is 39.8 Å². The number of piperazine rings is 1. The predicted octanol–water partition coefficient (Wildman–Crippen LogP) is 1.16. The highest BCUT2D eigenvalue weighted by atomic mass is 79.9. The van der Waals surface area contributed by atoms with E-state index in [4.69, 9.17) is 4.74 Å². The number of halogens is 1. The maximum Gasteiger partial charge on any atom is 0.172 e. The summed E-state index contributed by atoms with van der Waals surface area (Å²) in [5, 5.41) is 9.88. The van der Waals surface area contributed by atoms with Gasteiger partial charge >= 0.3 is 0 Å². The van der Waals surface area contributed by atoms with Gasteiger partial charge in [-0.1, -0.05) is 36.4 Å². The number of nitrogens with one attached hydrogen (secondary N) is 2. The van der Waals surface area contributed by atoms with Crippen LogP contribution in [0.2, 0.25) is 0 Å². The Morgan fingerprint density at radius 1 is 1.08 bits per heavy atom. The van der Waals surface area contributed by atoms with Crippen molar-refractivity contribution in [2.24, 2.45) is 0 Å². The Labute approximate surface area is 163 Å². The SMILES string of the molecule is COc1cc(/C=C/C[NH+]2CC[NH+](Cc3ccccc3)CC2)cc(Br)c1O. The molecule has 5 heteroatoms. The molecule has 4 nitrogen and oxygen atoms in total. The van der Waals surface area contributed by atoms with E-state index in [0.29, 0.717) is 10.2 Å². The fourth-order valence-electron chi connectivity index (χ4n) is 3.43. The zero-order valence-electron chi connectivity index (χ0n) is 15.2. The molecular weight excluding hydrogens is 392 g/mol. The molecule has 0 aliphatic carbocycles. The summed E-state index contributed by atoms with van der Waals surface area (Å²) in [6.45, 7) is 7.00. The molecule has 2 aromatic carbocycles. The maximum atomic E-state index is 9.88. The van der Waals surface area contributed by atoms with Crippen LogP contribution in [0.25, 0.3) is 6.08 Å². The normalized spacial score (nSPS) is 20.4. The van der Waals surface area contributed by atoms with E-state index in [1.165, 1.54) is 31.7 Å². The standard InChI is InChI=1S/C21H25BrN2O2/c1-26-20-15-18(14-19(22)21(20)25)8-5-9-23-10-12-24(13-11-23)16-17-6-3-2-4-7-17/h2-8,14-15,25H,9-13,16H2,1H3/p+2/b8-5+. The van der Waals surface area contributed by atoms with Crippen LogP contribution in [0.1, 0.15) is 11.1 Å². The Balaban J connectivity index is 1.48. The zero-order chi connectivity index (χ0) is 18.4. The maximum absolute atomic E-state index is 9.88. The van der Waals surface area contributed by atoms with Gasteiger partial charge < -0.3 is 19.6 Å². The first-order chi connectivity index (χ1) is 12.7. The molecule has 1 saturated heterocycles. The van der Waals surface area contributed by atoms with E-state index < -0.39 is 0 Å². The summed E-state index contributed by atoms with van der Waals surface area (Å²) in [5.74, 6) is 0.636. The Kier molecular flexibility index (Phi) is 6.72.